The van der Waals surface area contributed by atoms with E-state index in [4.69, 9.17) is 5.73 Å². The van der Waals surface area contributed by atoms with Crippen LogP contribution in [0, 0.1) is 11.8 Å². The summed E-state index contributed by atoms with van der Waals surface area (Å²) >= 11 is 0. The molecule has 2 N–H and O–H groups in total. The highest BCUT2D eigenvalue weighted by molar-refractivity contribution is 7.86. The van der Waals surface area contributed by atoms with Crippen LogP contribution in [0.15, 0.2) is 0 Å². The zero-order valence-electron chi connectivity index (χ0n) is 12.7. The maximum atomic E-state index is 12.7. The summed E-state index contributed by atoms with van der Waals surface area (Å²) in [4.78, 5) is 0. The van der Waals surface area contributed by atoms with Crippen LogP contribution in [0.5, 0.6) is 0 Å². The van der Waals surface area contributed by atoms with Crippen LogP contribution in [0.1, 0.15) is 40.5 Å². The second-order valence-corrected chi connectivity index (χ2v) is 8.05. The number of rotatable bonds is 6. The van der Waals surface area contributed by atoms with E-state index in [0.717, 1.165) is 12.8 Å². The summed E-state index contributed by atoms with van der Waals surface area (Å²) in [5, 5.41) is 0. The molecule has 1 saturated heterocycles. The Labute approximate surface area is 118 Å². The topological polar surface area (TPSA) is 66.6 Å². The van der Waals surface area contributed by atoms with E-state index in [1.807, 2.05) is 27.7 Å². The van der Waals surface area contributed by atoms with Gasteiger partial charge in [0.05, 0.1) is 0 Å². The maximum Gasteiger partial charge on any atom is 0.282 e. The Morgan fingerprint density at radius 3 is 2.42 bits per heavy atom. The van der Waals surface area contributed by atoms with E-state index in [1.165, 1.54) is 0 Å². The molecule has 1 rings (SSSR count). The van der Waals surface area contributed by atoms with Crippen molar-refractivity contribution in [2.45, 2.75) is 46.6 Å². The highest BCUT2D eigenvalue weighted by Crippen LogP contribution is 2.22. The first-order valence-electron chi connectivity index (χ1n) is 7.26. The van der Waals surface area contributed by atoms with Gasteiger partial charge in [0.1, 0.15) is 0 Å². The SMILES string of the molecule is CC(C)CN(C(C)C)S(=O)(=O)N1CCCC(CN)C1. The van der Waals surface area contributed by atoms with Gasteiger partial charge in [0.15, 0.2) is 0 Å². The number of piperidine rings is 1. The van der Waals surface area contributed by atoms with E-state index in [1.54, 1.807) is 8.61 Å². The maximum absolute atomic E-state index is 12.7. The molecule has 0 spiro atoms. The van der Waals surface area contributed by atoms with Gasteiger partial charge in [-0.25, -0.2) is 0 Å². The van der Waals surface area contributed by atoms with Crippen molar-refractivity contribution in [3.05, 3.63) is 0 Å². The molecule has 0 aliphatic carbocycles. The van der Waals surface area contributed by atoms with E-state index in [-0.39, 0.29) is 6.04 Å². The van der Waals surface area contributed by atoms with Crippen molar-refractivity contribution in [2.75, 3.05) is 26.2 Å². The molecule has 1 aliphatic rings. The fourth-order valence-electron chi connectivity index (χ4n) is 2.51. The summed E-state index contributed by atoms with van der Waals surface area (Å²) in [5.41, 5.74) is 5.69. The fourth-order valence-corrected chi connectivity index (χ4v) is 4.58. The van der Waals surface area contributed by atoms with Crippen molar-refractivity contribution in [1.82, 2.24) is 8.61 Å². The summed E-state index contributed by atoms with van der Waals surface area (Å²) in [7, 11) is -3.35. The van der Waals surface area contributed by atoms with Crippen molar-refractivity contribution in [3.63, 3.8) is 0 Å². The van der Waals surface area contributed by atoms with Crippen LogP contribution in [0.2, 0.25) is 0 Å². The number of hydrogen-bond acceptors (Lipinski definition) is 3. The Hall–Kier alpha value is -0.170. The molecule has 0 saturated carbocycles. The molecule has 114 valence electrons. The second kappa shape index (κ2) is 7.02. The lowest BCUT2D eigenvalue weighted by atomic mass is 10.0. The normalized spacial score (nSPS) is 22.6. The van der Waals surface area contributed by atoms with Crippen LogP contribution in [0.4, 0.5) is 0 Å². The van der Waals surface area contributed by atoms with E-state index in [2.05, 4.69) is 0 Å². The molecule has 1 fully saturated rings. The molecule has 1 aliphatic heterocycles. The van der Waals surface area contributed by atoms with E-state index < -0.39 is 10.2 Å². The van der Waals surface area contributed by atoms with Gasteiger partial charge in [-0.05, 0) is 45.1 Å². The summed E-state index contributed by atoms with van der Waals surface area (Å²) in [6.45, 7) is 10.3. The third-order valence-corrected chi connectivity index (χ3v) is 5.71. The molecule has 0 radical (unpaired) electrons. The third-order valence-electron chi connectivity index (χ3n) is 3.56. The molecule has 5 nitrogen and oxygen atoms in total. The Morgan fingerprint density at radius 1 is 1.32 bits per heavy atom. The molecule has 0 aromatic carbocycles. The third kappa shape index (κ3) is 4.41. The lowest BCUT2D eigenvalue weighted by molar-refractivity contribution is 0.233. The summed E-state index contributed by atoms with van der Waals surface area (Å²) in [5.74, 6) is 0.629. The summed E-state index contributed by atoms with van der Waals surface area (Å²) in [6.07, 6.45) is 1.95. The van der Waals surface area contributed by atoms with Crippen LogP contribution < -0.4 is 5.73 Å². The van der Waals surface area contributed by atoms with Gasteiger partial charge in [-0.1, -0.05) is 13.8 Å². The molecular formula is C13H29N3O2S. The Kier molecular flexibility index (Phi) is 6.23. The van der Waals surface area contributed by atoms with Crippen molar-refractivity contribution in [1.29, 1.82) is 0 Å². The van der Waals surface area contributed by atoms with Crippen molar-refractivity contribution < 1.29 is 8.42 Å². The highest BCUT2D eigenvalue weighted by Gasteiger charge is 2.34. The standard InChI is InChI=1S/C13H29N3O2S/c1-11(2)9-16(12(3)4)19(17,18)15-7-5-6-13(8-14)10-15/h11-13H,5-10,14H2,1-4H3. The van der Waals surface area contributed by atoms with Gasteiger partial charge in [0, 0.05) is 25.7 Å². The monoisotopic (exact) mass is 291 g/mol. The van der Waals surface area contributed by atoms with Gasteiger partial charge in [0.2, 0.25) is 0 Å². The minimum Gasteiger partial charge on any atom is -0.330 e. The van der Waals surface area contributed by atoms with E-state index in [0.29, 0.717) is 38.0 Å². The average Bonchev–Trinajstić information content (AvgIpc) is 2.35. The fraction of sp³-hybridized carbons (Fsp3) is 1.00. The molecule has 1 atom stereocenters. The zero-order chi connectivity index (χ0) is 14.6. The van der Waals surface area contributed by atoms with Crippen molar-refractivity contribution >= 4 is 10.2 Å². The smallest absolute Gasteiger partial charge is 0.282 e. The molecule has 1 heterocycles. The van der Waals surface area contributed by atoms with Gasteiger partial charge in [-0.15, -0.1) is 0 Å². The number of nitrogens with two attached hydrogens (primary N) is 1. The lowest BCUT2D eigenvalue weighted by Crippen LogP contribution is -2.51. The minimum atomic E-state index is -3.35. The van der Waals surface area contributed by atoms with Crippen LogP contribution in [-0.4, -0.2) is 49.2 Å². The Bertz CT molecular complexity index is 368. The van der Waals surface area contributed by atoms with E-state index >= 15 is 0 Å². The molecule has 0 amide bonds. The first-order valence-corrected chi connectivity index (χ1v) is 8.65. The predicted octanol–water partition coefficient (Wildman–Crippen LogP) is 1.27. The quantitative estimate of drug-likeness (QED) is 0.801. The molecule has 1 unspecified atom stereocenters. The number of hydrogen-bond donors (Lipinski definition) is 1. The molecule has 0 aromatic heterocycles. The average molecular weight is 291 g/mol. The highest BCUT2D eigenvalue weighted by atomic mass is 32.2. The Balaban J connectivity index is 2.86. The van der Waals surface area contributed by atoms with Crippen LogP contribution in [0.25, 0.3) is 0 Å². The number of nitrogens with zero attached hydrogens (tertiary/aromatic N) is 2. The lowest BCUT2D eigenvalue weighted by Gasteiger charge is -2.37. The van der Waals surface area contributed by atoms with Crippen molar-refractivity contribution in [3.8, 4) is 0 Å². The largest absolute Gasteiger partial charge is 0.330 e. The summed E-state index contributed by atoms with van der Waals surface area (Å²) in [6, 6.07) is -0.00865. The van der Waals surface area contributed by atoms with Gasteiger partial charge < -0.3 is 5.73 Å². The van der Waals surface area contributed by atoms with Crippen LogP contribution >= 0.6 is 0 Å². The molecule has 0 bridgehead atoms. The predicted molar refractivity (Wildman–Crippen MR) is 79.0 cm³/mol. The summed E-state index contributed by atoms with van der Waals surface area (Å²) < 4.78 is 28.7. The Morgan fingerprint density at radius 2 is 1.95 bits per heavy atom. The van der Waals surface area contributed by atoms with Gasteiger partial charge in [0.25, 0.3) is 10.2 Å². The van der Waals surface area contributed by atoms with Crippen LogP contribution in [-0.2, 0) is 10.2 Å². The molecule has 6 heteroatoms. The first kappa shape index (κ1) is 16.9. The van der Waals surface area contributed by atoms with Gasteiger partial charge in [-0.3, -0.25) is 0 Å². The first-order chi connectivity index (χ1) is 8.78. The molecule has 19 heavy (non-hydrogen) atoms. The molecular weight excluding hydrogens is 262 g/mol. The van der Waals surface area contributed by atoms with Gasteiger partial charge in [-0.2, -0.15) is 17.0 Å². The second-order valence-electron chi connectivity index (χ2n) is 6.17. The van der Waals surface area contributed by atoms with E-state index in [9.17, 15) is 8.42 Å². The molecule has 0 aromatic rings. The van der Waals surface area contributed by atoms with Gasteiger partial charge >= 0.3 is 0 Å². The van der Waals surface area contributed by atoms with Crippen molar-refractivity contribution in [2.24, 2.45) is 17.6 Å². The van der Waals surface area contributed by atoms with Crippen LogP contribution in [0.3, 0.4) is 0 Å². The zero-order valence-corrected chi connectivity index (χ0v) is 13.5. The minimum absolute atomic E-state index is 0.00865.